The Hall–Kier alpha value is -3.96. The molecular weight excluding hydrogens is 428 g/mol. The number of nitrogens with zero attached hydrogens (tertiary/aromatic N) is 5. The number of hydrogen-bond acceptors (Lipinski definition) is 6. The van der Waals surface area contributed by atoms with E-state index in [9.17, 15) is 4.79 Å². The molecule has 3 heterocycles. The summed E-state index contributed by atoms with van der Waals surface area (Å²) in [6, 6.07) is 11.5. The zero-order valence-electron chi connectivity index (χ0n) is 19.4. The number of carbonyl (C=O) groups excluding carboxylic acids is 1. The number of rotatable bonds is 7. The molecule has 1 atom stereocenters. The fourth-order valence-corrected chi connectivity index (χ4v) is 3.62. The molecule has 8 heteroatoms. The van der Waals surface area contributed by atoms with Crippen LogP contribution in [-0.4, -0.2) is 77.2 Å². The van der Waals surface area contributed by atoms with Crippen molar-refractivity contribution in [3.8, 4) is 17.6 Å². The number of para-hydroxylation sites is 1. The third-order valence-electron chi connectivity index (χ3n) is 5.36. The molecule has 1 N–H and O–H groups in total. The van der Waals surface area contributed by atoms with E-state index in [1.807, 2.05) is 72.6 Å². The molecule has 0 aliphatic carbocycles. The Bertz CT molecular complexity index is 1240. The first-order valence-electron chi connectivity index (χ1n) is 11.2. The number of aliphatic imine (C=N–C) groups is 1. The van der Waals surface area contributed by atoms with Crippen molar-refractivity contribution in [2.75, 3.05) is 40.3 Å². The largest absolute Gasteiger partial charge is 0.481 e. The van der Waals surface area contributed by atoms with Gasteiger partial charge >= 0.3 is 0 Å². The number of nitrogens with one attached hydrogen (secondary N) is 1. The number of aromatic amines is 1. The van der Waals surface area contributed by atoms with Gasteiger partial charge in [-0.15, -0.1) is 0 Å². The second-order valence-electron chi connectivity index (χ2n) is 8.32. The fraction of sp³-hybridized carbons (Fsp3) is 0.308. The summed E-state index contributed by atoms with van der Waals surface area (Å²) in [5.41, 5.74) is 1.41. The number of amides is 1. The lowest BCUT2D eigenvalue weighted by Gasteiger charge is -2.13. The van der Waals surface area contributed by atoms with E-state index < -0.39 is 0 Å². The molecule has 3 aromatic rings. The van der Waals surface area contributed by atoms with Crippen molar-refractivity contribution in [1.82, 2.24) is 24.8 Å². The van der Waals surface area contributed by atoms with Crippen LogP contribution in [0.4, 0.5) is 5.82 Å². The SMILES string of the molecule is CN(C)C/C=C/C(=O)N1CCC(/C=N/c2ncnc3[nH]c(C#CCOc4ccccc4)cc23)C1. The van der Waals surface area contributed by atoms with Gasteiger partial charge in [-0.25, -0.2) is 15.0 Å². The van der Waals surface area contributed by atoms with Gasteiger partial charge in [0.15, 0.2) is 5.82 Å². The number of fused-ring (bicyclic) bond motifs is 1. The molecule has 0 saturated carbocycles. The summed E-state index contributed by atoms with van der Waals surface area (Å²) in [4.78, 5) is 32.6. The summed E-state index contributed by atoms with van der Waals surface area (Å²) in [5.74, 6) is 7.69. The van der Waals surface area contributed by atoms with Crippen LogP contribution < -0.4 is 4.74 Å². The van der Waals surface area contributed by atoms with Crippen LogP contribution in [0.2, 0.25) is 0 Å². The average molecular weight is 457 g/mol. The zero-order chi connectivity index (χ0) is 23.8. The van der Waals surface area contributed by atoms with Gasteiger partial charge in [0.05, 0.1) is 11.1 Å². The Morgan fingerprint density at radius 2 is 2.18 bits per heavy atom. The molecule has 1 unspecified atom stereocenters. The molecule has 1 saturated heterocycles. The molecule has 0 spiro atoms. The maximum atomic E-state index is 12.3. The average Bonchev–Trinajstić information content (AvgIpc) is 3.48. The van der Waals surface area contributed by atoms with Crippen LogP contribution in [0.5, 0.6) is 5.75 Å². The highest BCUT2D eigenvalue weighted by atomic mass is 16.5. The summed E-state index contributed by atoms with van der Waals surface area (Å²) >= 11 is 0. The predicted molar refractivity (Wildman–Crippen MR) is 133 cm³/mol. The maximum absolute atomic E-state index is 12.3. The van der Waals surface area contributed by atoms with E-state index in [1.54, 1.807) is 6.08 Å². The minimum Gasteiger partial charge on any atom is -0.481 e. The summed E-state index contributed by atoms with van der Waals surface area (Å²) in [5, 5.41) is 0.810. The summed E-state index contributed by atoms with van der Waals surface area (Å²) in [6.07, 6.45) is 7.81. The molecule has 4 rings (SSSR count). The van der Waals surface area contributed by atoms with Gasteiger partial charge in [-0.2, -0.15) is 0 Å². The van der Waals surface area contributed by atoms with Gasteiger partial charge in [-0.3, -0.25) is 4.79 Å². The lowest BCUT2D eigenvalue weighted by Crippen LogP contribution is -2.27. The van der Waals surface area contributed by atoms with E-state index in [4.69, 9.17) is 4.74 Å². The lowest BCUT2D eigenvalue weighted by atomic mass is 10.1. The highest BCUT2D eigenvalue weighted by molar-refractivity contribution is 5.89. The van der Waals surface area contributed by atoms with Crippen molar-refractivity contribution < 1.29 is 9.53 Å². The van der Waals surface area contributed by atoms with E-state index in [0.717, 1.165) is 36.3 Å². The third-order valence-corrected chi connectivity index (χ3v) is 5.36. The van der Waals surface area contributed by atoms with E-state index in [2.05, 4.69) is 31.8 Å². The quantitative estimate of drug-likeness (QED) is 0.336. The number of carbonyl (C=O) groups is 1. The van der Waals surface area contributed by atoms with Crippen molar-refractivity contribution in [2.24, 2.45) is 10.9 Å². The van der Waals surface area contributed by atoms with Crippen molar-refractivity contribution in [1.29, 1.82) is 0 Å². The molecule has 174 valence electrons. The first-order chi connectivity index (χ1) is 16.6. The third kappa shape index (κ3) is 6.30. The number of hydrogen-bond donors (Lipinski definition) is 1. The highest BCUT2D eigenvalue weighted by Crippen LogP contribution is 2.23. The molecule has 1 aliphatic heterocycles. The molecule has 34 heavy (non-hydrogen) atoms. The number of aromatic nitrogens is 3. The Balaban J connectivity index is 1.36. The summed E-state index contributed by atoms with van der Waals surface area (Å²) in [7, 11) is 3.95. The highest BCUT2D eigenvalue weighted by Gasteiger charge is 2.23. The normalized spacial score (nSPS) is 16.0. The van der Waals surface area contributed by atoms with Gasteiger partial charge < -0.3 is 19.5 Å². The number of H-pyrrole nitrogens is 1. The van der Waals surface area contributed by atoms with Gasteiger partial charge in [0.2, 0.25) is 5.91 Å². The van der Waals surface area contributed by atoms with Crippen molar-refractivity contribution >= 4 is 29.0 Å². The zero-order valence-corrected chi connectivity index (χ0v) is 19.4. The van der Waals surface area contributed by atoms with Crippen LogP contribution in [0.1, 0.15) is 12.1 Å². The Kier molecular flexibility index (Phi) is 7.68. The van der Waals surface area contributed by atoms with E-state index >= 15 is 0 Å². The topological polar surface area (TPSA) is 86.7 Å². The summed E-state index contributed by atoms with van der Waals surface area (Å²) < 4.78 is 5.61. The smallest absolute Gasteiger partial charge is 0.246 e. The monoisotopic (exact) mass is 456 g/mol. The molecule has 2 aromatic heterocycles. The van der Waals surface area contributed by atoms with Crippen molar-refractivity contribution in [3.63, 3.8) is 0 Å². The van der Waals surface area contributed by atoms with E-state index in [-0.39, 0.29) is 18.4 Å². The number of likely N-dealkylation sites (N-methyl/N-ethyl adjacent to an activating group) is 1. The van der Waals surface area contributed by atoms with Crippen LogP contribution in [0.25, 0.3) is 11.0 Å². The Morgan fingerprint density at radius 1 is 1.32 bits per heavy atom. The number of ether oxygens (including phenoxy) is 1. The Morgan fingerprint density at radius 3 is 3.00 bits per heavy atom. The maximum Gasteiger partial charge on any atom is 0.246 e. The van der Waals surface area contributed by atoms with Crippen molar-refractivity contribution in [3.05, 3.63) is 60.6 Å². The van der Waals surface area contributed by atoms with Crippen LogP contribution in [0, 0.1) is 17.8 Å². The van der Waals surface area contributed by atoms with Crippen LogP contribution in [-0.2, 0) is 4.79 Å². The molecule has 0 radical (unpaired) electrons. The minimum atomic E-state index is 0.0484. The van der Waals surface area contributed by atoms with E-state index in [0.29, 0.717) is 18.0 Å². The molecule has 8 nitrogen and oxygen atoms in total. The molecule has 0 bridgehead atoms. The molecule has 1 fully saturated rings. The van der Waals surface area contributed by atoms with Gasteiger partial charge in [0.1, 0.15) is 24.3 Å². The van der Waals surface area contributed by atoms with Crippen molar-refractivity contribution in [2.45, 2.75) is 6.42 Å². The van der Waals surface area contributed by atoms with Crippen LogP contribution in [0.3, 0.4) is 0 Å². The van der Waals surface area contributed by atoms with Gasteiger partial charge in [0.25, 0.3) is 0 Å². The van der Waals surface area contributed by atoms with Gasteiger partial charge in [-0.05, 0) is 44.6 Å². The predicted octanol–water partition coefficient (Wildman–Crippen LogP) is 3.06. The fourth-order valence-electron chi connectivity index (χ4n) is 3.62. The number of benzene rings is 1. The first-order valence-corrected chi connectivity index (χ1v) is 11.2. The van der Waals surface area contributed by atoms with Crippen LogP contribution >= 0.6 is 0 Å². The second-order valence-corrected chi connectivity index (χ2v) is 8.32. The summed E-state index contributed by atoms with van der Waals surface area (Å²) in [6.45, 7) is 2.43. The van der Waals surface area contributed by atoms with Crippen LogP contribution in [0.15, 0.2) is 59.9 Å². The molecule has 1 aromatic carbocycles. The van der Waals surface area contributed by atoms with Gasteiger partial charge in [-0.1, -0.05) is 30.2 Å². The number of likely N-dealkylation sites (tertiary alicyclic amines) is 1. The Labute approximate surface area is 199 Å². The molecule has 1 aliphatic rings. The standard InChI is InChI=1S/C26H28N6O2/c1-31(2)13-6-11-24(33)32-14-12-20(18-32)17-27-25-23-16-21(30-26(23)29-19-28-25)8-7-15-34-22-9-4-3-5-10-22/h3-6,9-11,16-17,19-20H,12-15,18H2,1-2H3,(H,28,29,30)/b11-6+,27-17+. The second kappa shape index (κ2) is 11.3. The first kappa shape index (κ1) is 23.2. The molecular formula is C26H28N6O2. The lowest BCUT2D eigenvalue weighted by molar-refractivity contribution is -0.125. The minimum absolute atomic E-state index is 0.0484. The van der Waals surface area contributed by atoms with E-state index in [1.165, 1.54) is 6.33 Å². The van der Waals surface area contributed by atoms with Gasteiger partial charge in [0, 0.05) is 37.8 Å². The molecule has 1 amide bonds.